The Labute approximate surface area is 161 Å². The van der Waals surface area contributed by atoms with E-state index in [1.165, 1.54) is 12.3 Å². The Morgan fingerprint density at radius 2 is 1.96 bits per heavy atom. The van der Waals surface area contributed by atoms with Gasteiger partial charge in [-0.1, -0.05) is 18.2 Å². The third kappa shape index (κ3) is 4.05. The second kappa shape index (κ2) is 7.56. The van der Waals surface area contributed by atoms with Crippen LogP contribution in [0.3, 0.4) is 0 Å². The number of halogens is 4. The van der Waals surface area contributed by atoms with E-state index in [0.717, 1.165) is 16.6 Å². The van der Waals surface area contributed by atoms with Crippen molar-refractivity contribution in [1.82, 2.24) is 4.98 Å². The van der Waals surface area contributed by atoms with Gasteiger partial charge in [0.05, 0.1) is 29.1 Å². The van der Waals surface area contributed by atoms with E-state index in [1.54, 1.807) is 25.1 Å². The Kier molecular flexibility index (Phi) is 5.36. The lowest BCUT2D eigenvalue weighted by molar-refractivity contribution is -0.137. The first-order valence-corrected chi connectivity index (χ1v) is 8.79. The van der Waals surface area contributed by atoms with E-state index < -0.39 is 17.7 Å². The summed E-state index contributed by atoms with van der Waals surface area (Å²) in [5.41, 5.74) is 0.431. The molecule has 0 radical (unpaired) electrons. The summed E-state index contributed by atoms with van der Waals surface area (Å²) in [7, 11) is 0. The van der Waals surface area contributed by atoms with Crippen LogP contribution in [0, 0.1) is 0 Å². The minimum absolute atomic E-state index is 0.118. The number of hydrogen-bond donors (Lipinski definition) is 1. The highest BCUT2D eigenvalue weighted by atomic mass is 79.9. The number of rotatable bonds is 4. The summed E-state index contributed by atoms with van der Waals surface area (Å²) in [5, 5.41) is 3.49. The van der Waals surface area contributed by atoms with Crippen molar-refractivity contribution in [2.75, 3.05) is 11.9 Å². The molecule has 0 unspecified atom stereocenters. The first-order valence-electron chi connectivity index (χ1n) is 8.00. The zero-order chi connectivity index (χ0) is 19.6. The lowest BCUT2D eigenvalue weighted by Gasteiger charge is -2.16. The van der Waals surface area contributed by atoms with Gasteiger partial charge in [-0.15, -0.1) is 0 Å². The monoisotopic (exact) mass is 438 g/mol. The van der Waals surface area contributed by atoms with Crippen LogP contribution < -0.4 is 5.32 Å². The Morgan fingerprint density at radius 3 is 2.63 bits per heavy atom. The molecule has 0 amide bonds. The van der Waals surface area contributed by atoms with E-state index in [-0.39, 0.29) is 17.7 Å². The molecule has 0 aliphatic carbocycles. The number of aromatic nitrogens is 1. The molecule has 0 fully saturated rings. The number of pyridine rings is 1. The molecule has 2 aromatic carbocycles. The molecule has 0 aliphatic rings. The number of benzene rings is 2. The number of nitrogens with one attached hydrogen (secondary N) is 1. The highest BCUT2D eigenvalue weighted by Crippen LogP contribution is 2.36. The fraction of sp³-hybridized carbons (Fsp3) is 0.158. The van der Waals surface area contributed by atoms with Crippen molar-refractivity contribution in [3.8, 4) is 0 Å². The number of nitrogens with zero attached hydrogens (tertiary/aromatic N) is 1. The maximum atomic E-state index is 13.0. The van der Waals surface area contributed by atoms with Gasteiger partial charge in [0.1, 0.15) is 5.56 Å². The van der Waals surface area contributed by atoms with Crippen molar-refractivity contribution in [2.24, 2.45) is 0 Å². The Bertz CT molecular complexity index is 1010. The van der Waals surface area contributed by atoms with Gasteiger partial charge in [0.15, 0.2) is 0 Å². The maximum absolute atomic E-state index is 13.0. The molecule has 3 aromatic rings. The van der Waals surface area contributed by atoms with E-state index in [9.17, 15) is 18.0 Å². The van der Waals surface area contributed by atoms with Crippen LogP contribution in [0.5, 0.6) is 0 Å². The molecule has 0 saturated heterocycles. The Hall–Kier alpha value is -2.61. The number of hydrogen-bond acceptors (Lipinski definition) is 4. The topological polar surface area (TPSA) is 51.2 Å². The highest BCUT2D eigenvalue weighted by molar-refractivity contribution is 9.10. The summed E-state index contributed by atoms with van der Waals surface area (Å²) in [4.78, 5) is 16.3. The molecule has 27 heavy (non-hydrogen) atoms. The molecule has 0 spiro atoms. The van der Waals surface area contributed by atoms with Crippen molar-refractivity contribution >= 4 is 44.2 Å². The van der Waals surface area contributed by atoms with Gasteiger partial charge in [-0.3, -0.25) is 4.98 Å². The molecule has 140 valence electrons. The molecule has 0 saturated carbocycles. The van der Waals surface area contributed by atoms with Crippen molar-refractivity contribution < 1.29 is 22.7 Å². The molecule has 3 rings (SSSR count). The Balaban J connectivity index is 2.19. The SMILES string of the molecule is CCOC(=O)c1cnc2cc(C(F)(F)F)ccc2c1Nc1ccccc1Br. The van der Waals surface area contributed by atoms with Gasteiger partial charge in [0.25, 0.3) is 0 Å². The minimum Gasteiger partial charge on any atom is -0.462 e. The number of para-hydroxylation sites is 1. The maximum Gasteiger partial charge on any atom is 0.416 e. The van der Waals surface area contributed by atoms with Gasteiger partial charge in [-0.05, 0) is 47.1 Å². The predicted octanol–water partition coefficient (Wildman–Crippen LogP) is 5.94. The Morgan fingerprint density at radius 1 is 1.22 bits per heavy atom. The number of esters is 1. The van der Waals surface area contributed by atoms with Crippen molar-refractivity contribution in [2.45, 2.75) is 13.1 Å². The van der Waals surface area contributed by atoms with E-state index in [0.29, 0.717) is 16.8 Å². The number of fused-ring (bicyclic) bond motifs is 1. The van der Waals surface area contributed by atoms with Crippen LogP contribution in [-0.2, 0) is 10.9 Å². The van der Waals surface area contributed by atoms with Gasteiger partial charge in [0, 0.05) is 16.1 Å². The molecular weight excluding hydrogens is 425 g/mol. The highest BCUT2D eigenvalue weighted by Gasteiger charge is 2.31. The van der Waals surface area contributed by atoms with Crippen molar-refractivity contribution in [1.29, 1.82) is 0 Å². The predicted molar refractivity (Wildman–Crippen MR) is 100 cm³/mol. The van der Waals surface area contributed by atoms with Crippen LogP contribution in [-0.4, -0.2) is 17.6 Å². The van der Waals surface area contributed by atoms with E-state index in [1.807, 2.05) is 6.07 Å². The largest absolute Gasteiger partial charge is 0.462 e. The lowest BCUT2D eigenvalue weighted by Crippen LogP contribution is -2.10. The van der Waals surface area contributed by atoms with Crippen LogP contribution in [0.2, 0.25) is 0 Å². The summed E-state index contributed by atoms with van der Waals surface area (Å²) in [6.07, 6.45) is -3.26. The van der Waals surface area contributed by atoms with Crippen LogP contribution in [0.15, 0.2) is 53.1 Å². The fourth-order valence-corrected chi connectivity index (χ4v) is 2.95. The average Bonchev–Trinajstić information content (AvgIpc) is 2.62. The molecule has 8 heteroatoms. The van der Waals surface area contributed by atoms with Gasteiger partial charge < -0.3 is 10.1 Å². The lowest BCUT2D eigenvalue weighted by atomic mass is 10.1. The van der Waals surface area contributed by atoms with Gasteiger partial charge in [-0.25, -0.2) is 4.79 Å². The molecule has 0 aliphatic heterocycles. The zero-order valence-electron chi connectivity index (χ0n) is 14.1. The first-order chi connectivity index (χ1) is 12.8. The quantitative estimate of drug-likeness (QED) is 0.512. The average molecular weight is 439 g/mol. The molecule has 1 heterocycles. The standard InChI is InChI=1S/C19H14BrF3N2O2/c1-2-27-18(26)13-10-24-16-9-11(19(21,22)23)7-8-12(16)17(13)25-15-6-4-3-5-14(15)20/h3-10H,2H2,1H3,(H,24,25). The van der Waals surface area contributed by atoms with Crippen LogP contribution >= 0.6 is 15.9 Å². The van der Waals surface area contributed by atoms with E-state index >= 15 is 0 Å². The van der Waals surface area contributed by atoms with E-state index in [2.05, 4.69) is 26.2 Å². The molecule has 0 bridgehead atoms. The summed E-state index contributed by atoms with van der Waals surface area (Å²) in [6.45, 7) is 1.83. The molecule has 1 aromatic heterocycles. The van der Waals surface area contributed by atoms with Gasteiger partial charge >= 0.3 is 12.1 Å². The summed E-state index contributed by atoms with van der Waals surface area (Å²) < 4.78 is 44.8. The minimum atomic E-state index is -4.48. The second-order valence-corrected chi connectivity index (χ2v) is 6.46. The van der Waals surface area contributed by atoms with Crippen molar-refractivity contribution in [3.05, 3.63) is 64.3 Å². The number of alkyl halides is 3. The molecule has 1 N–H and O–H groups in total. The second-order valence-electron chi connectivity index (χ2n) is 5.60. The number of ether oxygens (including phenoxy) is 1. The van der Waals surface area contributed by atoms with Crippen molar-refractivity contribution in [3.63, 3.8) is 0 Å². The third-order valence-electron chi connectivity index (χ3n) is 3.83. The fourth-order valence-electron chi connectivity index (χ4n) is 2.57. The normalized spacial score (nSPS) is 11.4. The summed E-state index contributed by atoms with van der Waals surface area (Å²) >= 11 is 3.40. The van der Waals surface area contributed by atoms with Crippen LogP contribution in [0.4, 0.5) is 24.5 Å². The number of carbonyl (C=O) groups is 1. The molecular formula is C19H14BrF3N2O2. The summed E-state index contributed by atoms with van der Waals surface area (Å²) in [5.74, 6) is -0.610. The molecule has 4 nitrogen and oxygen atoms in total. The van der Waals surface area contributed by atoms with E-state index in [4.69, 9.17) is 4.74 Å². The number of carbonyl (C=O) groups excluding carboxylic acids is 1. The summed E-state index contributed by atoms with van der Waals surface area (Å²) in [6, 6.07) is 10.4. The first kappa shape index (κ1) is 19.2. The number of anilines is 2. The zero-order valence-corrected chi connectivity index (χ0v) is 15.7. The van der Waals surface area contributed by atoms with Crippen LogP contribution in [0.25, 0.3) is 10.9 Å². The molecule has 0 atom stereocenters. The smallest absolute Gasteiger partial charge is 0.416 e. The van der Waals surface area contributed by atoms with Gasteiger partial charge in [-0.2, -0.15) is 13.2 Å². The third-order valence-corrected chi connectivity index (χ3v) is 4.52. The van der Waals surface area contributed by atoms with Gasteiger partial charge in [0.2, 0.25) is 0 Å². The van der Waals surface area contributed by atoms with Crippen LogP contribution in [0.1, 0.15) is 22.8 Å².